The van der Waals surface area contributed by atoms with E-state index in [1.54, 1.807) is 6.92 Å². The van der Waals surface area contributed by atoms with Gasteiger partial charge in [0.15, 0.2) is 5.02 Å². The van der Waals surface area contributed by atoms with E-state index in [4.69, 9.17) is 11.6 Å². The van der Waals surface area contributed by atoms with Gasteiger partial charge in [-0.25, -0.2) is 0 Å². The lowest BCUT2D eigenvalue weighted by Gasteiger charge is -2.19. The first-order valence-corrected chi connectivity index (χ1v) is 9.99. The summed E-state index contributed by atoms with van der Waals surface area (Å²) < 4.78 is 0. The third-order valence-electron chi connectivity index (χ3n) is 5.28. The van der Waals surface area contributed by atoms with Crippen molar-refractivity contribution in [2.45, 2.75) is 13.0 Å². The maximum atomic E-state index is 13.0. The Bertz CT molecular complexity index is 1330. The third kappa shape index (κ3) is 3.72. The van der Waals surface area contributed by atoms with Crippen LogP contribution in [0.15, 0.2) is 66.7 Å². The zero-order valence-corrected chi connectivity index (χ0v) is 17.5. The van der Waals surface area contributed by atoms with Gasteiger partial charge < -0.3 is 5.32 Å². The molecule has 8 nitrogen and oxygen atoms in total. The first-order valence-electron chi connectivity index (χ1n) is 9.61. The maximum Gasteiger partial charge on any atom is 0.295 e. The monoisotopic (exact) mass is 449 g/mol. The Kier molecular flexibility index (Phi) is 5.46. The van der Waals surface area contributed by atoms with Crippen LogP contribution in [0.4, 0.5) is 11.4 Å². The molecule has 9 heteroatoms. The zero-order valence-electron chi connectivity index (χ0n) is 16.7. The van der Waals surface area contributed by atoms with Gasteiger partial charge in [0.05, 0.1) is 21.5 Å². The van der Waals surface area contributed by atoms with E-state index < -0.39 is 38.2 Å². The quantitative estimate of drug-likeness (QED) is 0.229. The average Bonchev–Trinajstić information content (AvgIpc) is 2.76. The van der Waals surface area contributed by atoms with Crippen LogP contribution in [0.2, 0.25) is 5.02 Å². The van der Waals surface area contributed by atoms with E-state index in [2.05, 4.69) is 11.4 Å². The molecular weight excluding hydrogens is 434 g/mol. The van der Waals surface area contributed by atoms with Gasteiger partial charge >= 0.3 is 0 Å². The Hall–Kier alpha value is -4.04. The molecule has 0 radical (unpaired) electrons. The molecule has 0 saturated heterocycles. The van der Waals surface area contributed by atoms with Gasteiger partial charge in [-0.15, -0.1) is 0 Å². The van der Waals surface area contributed by atoms with Gasteiger partial charge in [0.2, 0.25) is 0 Å². The van der Waals surface area contributed by atoms with Crippen molar-refractivity contribution in [1.29, 1.82) is 0 Å². The molecule has 4 aromatic carbocycles. The lowest BCUT2D eigenvalue weighted by molar-refractivity contribution is -0.393. The minimum atomic E-state index is -0.853. The number of benzene rings is 4. The molecule has 0 aliphatic carbocycles. The highest BCUT2D eigenvalue weighted by Gasteiger charge is 2.28. The second kappa shape index (κ2) is 8.24. The van der Waals surface area contributed by atoms with Gasteiger partial charge in [0, 0.05) is 12.1 Å². The summed E-state index contributed by atoms with van der Waals surface area (Å²) in [4.78, 5) is 33.8. The van der Waals surface area contributed by atoms with Gasteiger partial charge in [-0.2, -0.15) is 0 Å². The van der Waals surface area contributed by atoms with Crippen molar-refractivity contribution < 1.29 is 14.6 Å². The van der Waals surface area contributed by atoms with Crippen molar-refractivity contribution in [3.8, 4) is 0 Å². The fraction of sp³-hybridized carbons (Fsp3) is 0.0870. The van der Waals surface area contributed by atoms with Crippen LogP contribution in [-0.2, 0) is 0 Å². The molecule has 4 aromatic rings. The Labute approximate surface area is 186 Å². The van der Waals surface area contributed by atoms with Gasteiger partial charge in [-0.05, 0) is 40.1 Å². The highest BCUT2D eigenvalue weighted by Crippen LogP contribution is 2.36. The molecule has 0 aromatic heterocycles. The van der Waals surface area contributed by atoms with Crippen LogP contribution in [0.5, 0.6) is 0 Å². The van der Waals surface area contributed by atoms with Gasteiger partial charge in [-0.3, -0.25) is 25.0 Å². The van der Waals surface area contributed by atoms with Crippen molar-refractivity contribution >= 4 is 50.4 Å². The van der Waals surface area contributed by atoms with Crippen molar-refractivity contribution in [2.75, 3.05) is 0 Å². The molecule has 0 saturated carbocycles. The number of hydrogen-bond donors (Lipinski definition) is 1. The number of fused-ring (bicyclic) bond motifs is 2. The fourth-order valence-electron chi connectivity index (χ4n) is 3.86. The highest BCUT2D eigenvalue weighted by molar-refractivity contribution is 6.35. The molecule has 1 amide bonds. The van der Waals surface area contributed by atoms with E-state index in [9.17, 15) is 25.0 Å². The lowest BCUT2D eigenvalue weighted by Crippen LogP contribution is -2.27. The van der Waals surface area contributed by atoms with Crippen LogP contribution in [0, 0.1) is 20.2 Å². The Balaban J connectivity index is 1.79. The topological polar surface area (TPSA) is 115 Å². The molecule has 0 heterocycles. The molecule has 0 bridgehead atoms. The summed E-state index contributed by atoms with van der Waals surface area (Å²) in [6, 6.07) is 19.0. The minimum Gasteiger partial charge on any atom is -0.345 e. The summed E-state index contributed by atoms with van der Waals surface area (Å²) in [5, 5.41) is 28.7. The fourth-order valence-corrected chi connectivity index (χ4v) is 4.11. The highest BCUT2D eigenvalue weighted by atomic mass is 35.5. The standard InChI is InChI=1S/C23H16ClN3O5/c1-13(21-17-8-4-2-6-14(17)10-15-7-3-5-9-18(15)21)25-23(28)16-11-19(26(29)30)22(24)20(12-16)27(31)32/h2-13H,1H3,(H,25,28)/t13-/m1/s1. The number of carbonyl (C=O) groups excluding carboxylic acids is 1. The van der Waals surface area contributed by atoms with E-state index in [1.807, 2.05) is 48.5 Å². The number of nitrogens with one attached hydrogen (secondary N) is 1. The van der Waals surface area contributed by atoms with E-state index in [-0.39, 0.29) is 5.56 Å². The van der Waals surface area contributed by atoms with Crippen LogP contribution >= 0.6 is 11.6 Å². The van der Waals surface area contributed by atoms with Crippen molar-refractivity contribution in [3.63, 3.8) is 0 Å². The smallest absolute Gasteiger partial charge is 0.295 e. The third-order valence-corrected chi connectivity index (χ3v) is 5.67. The van der Waals surface area contributed by atoms with E-state index in [0.29, 0.717) is 0 Å². The molecule has 0 unspecified atom stereocenters. The summed E-state index contributed by atoms with van der Waals surface area (Å²) >= 11 is 5.79. The van der Waals surface area contributed by atoms with Crippen LogP contribution in [0.25, 0.3) is 21.5 Å². The largest absolute Gasteiger partial charge is 0.345 e. The van der Waals surface area contributed by atoms with E-state index in [0.717, 1.165) is 39.2 Å². The molecule has 4 rings (SSSR count). The van der Waals surface area contributed by atoms with Gasteiger partial charge in [-0.1, -0.05) is 60.1 Å². The number of hydrogen-bond acceptors (Lipinski definition) is 5. The summed E-state index contributed by atoms with van der Waals surface area (Å²) in [7, 11) is 0. The molecule has 1 N–H and O–H groups in total. The molecule has 32 heavy (non-hydrogen) atoms. The molecule has 0 aliphatic heterocycles. The minimum absolute atomic E-state index is 0.218. The number of nitro benzene ring substituents is 2. The number of nitrogens with zero attached hydrogens (tertiary/aromatic N) is 2. The van der Waals surface area contributed by atoms with E-state index in [1.165, 1.54) is 0 Å². The van der Waals surface area contributed by atoms with Gasteiger partial charge in [0.25, 0.3) is 17.3 Å². The second-order valence-corrected chi connectivity index (χ2v) is 7.65. The summed E-state index contributed by atoms with van der Waals surface area (Å²) in [5.74, 6) is -0.683. The second-order valence-electron chi connectivity index (χ2n) is 7.27. The number of carbonyl (C=O) groups is 1. The van der Waals surface area contributed by atoms with Crippen LogP contribution in [0.3, 0.4) is 0 Å². The molecular formula is C23H16ClN3O5. The molecule has 160 valence electrons. The number of amides is 1. The van der Waals surface area contributed by atoms with Gasteiger partial charge in [0.1, 0.15) is 0 Å². The number of rotatable bonds is 5. The Morgan fingerprint density at radius 2 is 1.34 bits per heavy atom. The SMILES string of the molecule is C[C@@H](NC(=O)c1cc([N+](=O)[O-])c(Cl)c([N+](=O)[O-])c1)c1c2ccccc2cc2ccccc12. The van der Waals surface area contributed by atoms with Crippen LogP contribution < -0.4 is 5.32 Å². The predicted molar refractivity (Wildman–Crippen MR) is 122 cm³/mol. The maximum absolute atomic E-state index is 13.0. The summed E-state index contributed by atoms with van der Waals surface area (Å²) in [6.45, 7) is 1.80. The normalized spacial score (nSPS) is 11.9. The van der Waals surface area contributed by atoms with Crippen molar-refractivity contribution in [3.05, 3.63) is 103 Å². The molecule has 0 spiro atoms. The Morgan fingerprint density at radius 1 is 0.875 bits per heavy atom. The molecule has 0 aliphatic rings. The summed E-state index contributed by atoms with van der Waals surface area (Å²) in [5.41, 5.74) is -0.738. The molecule has 1 atom stereocenters. The number of nitro groups is 2. The first-order chi connectivity index (χ1) is 15.3. The van der Waals surface area contributed by atoms with E-state index >= 15 is 0 Å². The zero-order chi connectivity index (χ0) is 23.0. The number of halogens is 1. The lowest BCUT2D eigenvalue weighted by atomic mass is 9.92. The first kappa shape index (κ1) is 21.2. The van der Waals surface area contributed by atoms with Crippen LogP contribution in [0.1, 0.15) is 28.9 Å². The molecule has 0 fully saturated rings. The summed E-state index contributed by atoms with van der Waals surface area (Å²) in [6.07, 6.45) is 0. The predicted octanol–water partition coefficient (Wildman–Crippen LogP) is 5.95. The van der Waals surface area contributed by atoms with Crippen molar-refractivity contribution in [2.24, 2.45) is 0 Å². The van der Waals surface area contributed by atoms with Crippen LogP contribution in [-0.4, -0.2) is 15.8 Å². The Morgan fingerprint density at radius 3 is 1.81 bits per heavy atom. The van der Waals surface area contributed by atoms with Crippen molar-refractivity contribution in [1.82, 2.24) is 5.32 Å². The average molecular weight is 450 g/mol.